The van der Waals surface area contributed by atoms with E-state index in [1.807, 2.05) is 36.4 Å². The Morgan fingerprint density at radius 2 is 1.56 bits per heavy atom. The zero-order valence-electron chi connectivity index (χ0n) is 15.8. The van der Waals surface area contributed by atoms with Gasteiger partial charge in [-0.25, -0.2) is 0 Å². The molecule has 0 aromatic heterocycles. The molecule has 2 fully saturated rings. The molecule has 0 aliphatic carbocycles. The first-order chi connectivity index (χ1) is 13.3. The van der Waals surface area contributed by atoms with Gasteiger partial charge in [0.05, 0.1) is 0 Å². The van der Waals surface area contributed by atoms with Crippen molar-refractivity contribution in [2.45, 2.75) is 41.9 Å². The lowest BCUT2D eigenvalue weighted by atomic mass is 10.0. The molecule has 2 aromatic rings. The molecule has 0 radical (unpaired) electrons. The molecule has 2 atom stereocenters. The third kappa shape index (κ3) is 4.56. The van der Waals surface area contributed by atoms with Crippen molar-refractivity contribution in [3.63, 3.8) is 0 Å². The molecule has 3 nitrogen and oxygen atoms in total. The maximum absolute atomic E-state index is 13.6. The highest BCUT2D eigenvalue weighted by Crippen LogP contribution is 2.37. The SMILES string of the molecule is O=C(C(Sc1ccccc1)c1ccccc1)N1CCCC(N2CCCC2)C1. The Hall–Kier alpha value is -1.78. The highest BCUT2D eigenvalue weighted by Gasteiger charge is 2.33. The van der Waals surface area contributed by atoms with Gasteiger partial charge in [0.15, 0.2) is 0 Å². The Kier molecular flexibility index (Phi) is 6.15. The molecule has 4 heteroatoms. The average Bonchev–Trinajstić information content (AvgIpc) is 3.28. The minimum atomic E-state index is -0.175. The predicted octanol–water partition coefficient (Wildman–Crippen LogP) is 4.61. The van der Waals surface area contributed by atoms with E-state index in [1.54, 1.807) is 11.8 Å². The molecule has 142 valence electrons. The van der Waals surface area contributed by atoms with E-state index in [-0.39, 0.29) is 11.2 Å². The molecule has 27 heavy (non-hydrogen) atoms. The standard InChI is InChI=1S/C23H28N2OS/c26-23(25-17-9-12-20(18-25)24-15-7-8-16-24)22(19-10-3-1-4-11-19)27-21-13-5-2-6-14-21/h1-6,10-11,13-14,20,22H,7-9,12,15-18H2. The van der Waals surface area contributed by atoms with Gasteiger partial charge in [-0.05, 0) is 56.5 Å². The van der Waals surface area contributed by atoms with E-state index in [0.717, 1.165) is 30.0 Å². The third-order valence-corrected chi connectivity index (χ3v) is 6.94. The maximum atomic E-state index is 13.6. The van der Waals surface area contributed by atoms with Gasteiger partial charge in [-0.1, -0.05) is 48.5 Å². The lowest BCUT2D eigenvalue weighted by molar-refractivity contribution is -0.132. The van der Waals surface area contributed by atoms with Crippen LogP contribution in [-0.2, 0) is 4.79 Å². The number of carbonyl (C=O) groups excluding carboxylic acids is 1. The molecule has 4 rings (SSSR count). The number of piperidine rings is 1. The normalized spacial score (nSPS) is 21.9. The number of carbonyl (C=O) groups is 1. The smallest absolute Gasteiger partial charge is 0.240 e. The first-order valence-electron chi connectivity index (χ1n) is 10.1. The van der Waals surface area contributed by atoms with Gasteiger partial charge in [0, 0.05) is 24.0 Å². The van der Waals surface area contributed by atoms with Crippen LogP contribution in [0, 0.1) is 0 Å². The zero-order valence-corrected chi connectivity index (χ0v) is 16.6. The van der Waals surface area contributed by atoms with Crippen molar-refractivity contribution in [2.75, 3.05) is 26.2 Å². The van der Waals surface area contributed by atoms with Crippen molar-refractivity contribution in [2.24, 2.45) is 0 Å². The minimum absolute atomic E-state index is 0.175. The van der Waals surface area contributed by atoms with Crippen molar-refractivity contribution in [1.29, 1.82) is 0 Å². The third-order valence-electron chi connectivity index (χ3n) is 5.69. The summed E-state index contributed by atoms with van der Waals surface area (Å²) in [5, 5.41) is -0.175. The highest BCUT2D eigenvalue weighted by molar-refractivity contribution is 8.00. The second kappa shape index (κ2) is 8.94. The second-order valence-corrected chi connectivity index (χ2v) is 8.72. The first kappa shape index (κ1) is 18.6. The Morgan fingerprint density at radius 3 is 2.26 bits per heavy atom. The number of rotatable bonds is 5. The number of amides is 1. The topological polar surface area (TPSA) is 23.6 Å². The van der Waals surface area contributed by atoms with Crippen LogP contribution in [0.25, 0.3) is 0 Å². The van der Waals surface area contributed by atoms with Gasteiger partial charge in [-0.15, -0.1) is 11.8 Å². The largest absolute Gasteiger partial charge is 0.340 e. The predicted molar refractivity (Wildman–Crippen MR) is 112 cm³/mol. The molecule has 2 heterocycles. The number of thioether (sulfide) groups is 1. The zero-order chi connectivity index (χ0) is 18.5. The molecular formula is C23H28N2OS. The molecule has 0 N–H and O–H groups in total. The van der Waals surface area contributed by atoms with Gasteiger partial charge < -0.3 is 4.90 Å². The van der Waals surface area contributed by atoms with E-state index in [0.29, 0.717) is 6.04 Å². The lowest BCUT2D eigenvalue weighted by Crippen LogP contribution is -2.49. The number of likely N-dealkylation sites (tertiary alicyclic amines) is 2. The van der Waals surface area contributed by atoms with Gasteiger partial charge in [-0.3, -0.25) is 9.69 Å². The van der Waals surface area contributed by atoms with Crippen LogP contribution in [0.4, 0.5) is 0 Å². The van der Waals surface area contributed by atoms with E-state index in [9.17, 15) is 4.79 Å². The number of hydrogen-bond donors (Lipinski definition) is 0. The Morgan fingerprint density at radius 1 is 0.889 bits per heavy atom. The summed E-state index contributed by atoms with van der Waals surface area (Å²) < 4.78 is 0. The summed E-state index contributed by atoms with van der Waals surface area (Å²) in [6, 6.07) is 21.1. The summed E-state index contributed by atoms with van der Waals surface area (Å²) >= 11 is 1.67. The van der Waals surface area contributed by atoms with Crippen LogP contribution in [0.5, 0.6) is 0 Å². The van der Waals surface area contributed by atoms with Crippen LogP contribution < -0.4 is 0 Å². The Labute approximate surface area is 166 Å². The van der Waals surface area contributed by atoms with Crippen molar-refractivity contribution >= 4 is 17.7 Å². The van der Waals surface area contributed by atoms with Gasteiger partial charge >= 0.3 is 0 Å². The first-order valence-corrected chi connectivity index (χ1v) is 11.0. The molecule has 2 unspecified atom stereocenters. The fraction of sp³-hybridized carbons (Fsp3) is 0.435. The van der Waals surface area contributed by atoms with Crippen molar-refractivity contribution in [3.8, 4) is 0 Å². The van der Waals surface area contributed by atoms with Gasteiger partial charge in [0.1, 0.15) is 5.25 Å². The number of nitrogens with zero attached hydrogens (tertiary/aromatic N) is 2. The summed E-state index contributed by atoms with van der Waals surface area (Å²) in [5.74, 6) is 0.263. The molecule has 1 amide bonds. The molecule has 0 saturated carbocycles. The Bertz CT molecular complexity index is 731. The highest BCUT2D eigenvalue weighted by atomic mass is 32.2. The van der Waals surface area contributed by atoms with E-state index >= 15 is 0 Å². The van der Waals surface area contributed by atoms with E-state index in [4.69, 9.17) is 0 Å². The molecule has 0 bridgehead atoms. The molecule has 2 saturated heterocycles. The van der Waals surface area contributed by atoms with Crippen LogP contribution >= 0.6 is 11.8 Å². The molecular weight excluding hydrogens is 352 g/mol. The van der Waals surface area contributed by atoms with Crippen LogP contribution in [0.2, 0.25) is 0 Å². The molecule has 2 aliphatic heterocycles. The summed E-state index contributed by atoms with van der Waals surface area (Å²) in [6.45, 7) is 4.18. The van der Waals surface area contributed by atoms with E-state index in [1.165, 1.54) is 32.4 Å². The van der Waals surface area contributed by atoms with Gasteiger partial charge in [-0.2, -0.15) is 0 Å². The summed E-state index contributed by atoms with van der Waals surface area (Å²) in [5.41, 5.74) is 1.10. The average molecular weight is 381 g/mol. The van der Waals surface area contributed by atoms with E-state index < -0.39 is 0 Å². The number of benzene rings is 2. The monoisotopic (exact) mass is 380 g/mol. The van der Waals surface area contributed by atoms with Gasteiger partial charge in [0.2, 0.25) is 5.91 Å². The fourth-order valence-electron chi connectivity index (χ4n) is 4.25. The number of hydrogen-bond acceptors (Lipinski definition) is 3. The lowest BCUT2D eigenvalue weighted by Gasteiger charge is -2.39. The van der Waals surface area contributed by atoms with Gasteiger partial charge in [0.25, 0.3) is 0 Å². The van der Waals surface area contributed by atoms with Crippen LogP contribution in [0.3, 0.4) is 0 Å². The minimum Gasteiger partial charge on any atom is -0.340 e. The summed E-state index contributed by atoms with van der Waals surface area (Å²) in [4.78, 5) is 19.4. The van der Waals surface area contributed by atoms with Crippen LogP contribution in [0.1, 0.15) is 36.5 Å². The summed E-state index contributed by atoms with van der Waals surface area (Å²) in [6.07, 6.45) is 4.96. The Balaban J connectivity index is 1.52. The quantitative estimate of drug-likeness (QED) is 0.708. The molecule has 2 aromatic carbocycles. The van der Waals surface area contributed by atoms with E-state index in [2.05, 4.69) is 34.1 Å². The fourth-order valence-corrected chi connectivity index (χ4v) is 5.38. The maximum Gasteiger partial charge on any atom is 0.240 e. The molecule has 2 aliphatic rings. The van der Waals surface area contributed by atoms with Crippen molar-refractivity contribution in [3.05, 3.63) is 66.2 Å². The second-order valence-electron chi connectivity index (χ2n) is 7.55. The summed E-state index contributed by atoms with van der Waals surface area (Å²) in [7, 11) is 0. The van der Waals surface area contributed by atoms with Crippen LogP contribution in [-0.4, -0.2) is 47.9 Å². The van der Waals surface area contributed by atoms with Crippen molar-refractivity contribution < 1.29 is 4.79 Å². The van der Waals surface area contributed by atoms with Crippen LogP contribution in [0.15, 0.2) is 65.6 Å². The molecule has 0 spiro atoms. The van der Waals surface area contributed by atoms with Crippen molar-refractivity contribution in [1.82, 2.24) is 9.80 Å².